The maximum Gasteiger partial charge on any atom is 0.344 e. The number of benzene rings is 2. The molecule has 0 saturated heterocycles. The minimum absolute atomic E-state index is 0.00627. The smallest absolute Gasteiger partial charge is 0.344 e. The van der Waals surface area contributed by atoms with Crippen LogP contribution in [0, 0.1) is 0 Å². The first-order valence-electron chi connectivity index (χ1n) is 8.78. The third-order valence-corrected chi connectivity index (χ3v) is 4.49. The van der Waals surface area contributed by atoms with Gasteiger partial charge in [0.05, 0.1) is 5.56 Å². The zero-order chi connectivity index (χ0) is 19.4. The lowest BCUT2D eigenvalue weighted by Gasteiger charge is -2.25. The average molecular weight is 367 g/mol. The van der Waals surface area contributed by atoms with Gasteiger partial charge in [0.1, 0.15) is 5.75 Å². The standard InChI is InChI=1S/C21H21NO5/c1-14-11-16-7-3-5-9-18(16)22(14)21(25)15(2)27-20(24)13-26-19-10-6-4-8-17(19)12-23/h3-10,12,14-15H,11,13H2,1-2H3/t14-,15-/m1/s1. The molecule has 0 unspecified atom stereocenters. The monoisotopic (exact) mass is 367 g/mol. The highest BCUT2D eigenvalue weighted by Crippen LogP contribution is 2.32. The zero-order valence-electron chi connectivity index (χ0n) is 15.3. The van der Waals surface area contributed by atoms with Gasteiger partial charge in [-0.25, -0.2) is 4.79 Å². The fraction of sp³-hybridized carbons (Fsp3) is 0.286. The van der Waals surface area contributed by atoms with Crippen molar-refractivity contribution in [3.8, 4) is 5.75 Å². The van der Waals surface area contributed by atoms with Crippen LogP contribution < -0.4 is 9.64 Å². The van der Waals surface area contributed by atoms with Crippen molar-refractivity contribution in [3.05, 3.63) is 59.7 Å². The molecule has 1 aliphatic rings. The molecule has 2 aromatic rings. The van der Waals surface area contributed by atoms with Gasteiger partial charge in [-0.05, 0) is 44.0 Å². The van der Waals surface area contributed by atoms with Gasteiger partial charge in [0.2, 0.25) is 0 Å². The minimum Gasteiger partial charge on any atom is -0.481 e. The molecule has 3 rings (SSSR count). The molecule has 1 aliphatic heterocycles. The van der Waals surface area contributed by atoms with Crippen LogP contribution in [0.25, 0.3) is 0 Å². The maximum atomic E-state index is 12.8. The first-order chi connectivity index (χ1) is 13.0. The Kier molecular flexibility index (Phi) is 5.54. The fourth-order valence-corrected chi connectivity index (χ4v) is 3.22. The van der Waals surface area contributed by atoms with Crippen molar-refractivity contribution in [2.75, 3.05) is 11.5 Å². The van der Waals surface area contributed by atoms with Crippen molar-refractivity contribution in [2.45, 2.75) is 32.4 Å². The second-order valence-electron chi connectivity index (χ2n) is 6.47. The van der Waals surface area contributed by atoms with Gasteiger partial charge < -0.3 is 14.4 Å². The summed E-state index contributed by atoms with van der Waals surface area (Å²) in [6.45, 7) is 3.13. The summed E-state index contributed by atoms with van der Waals surface area (Å²) >= 11 is 0. The summed E-state index contributed by atoms with van der Waals surface area (Å²) < 4.78 is 10.6. The molecule has 0 aliphatic carbocycles. The Bertz CT molecular complexity index is 863. The number of rotatable bonds is 6. The van der Waals surface area contributed by atoms with Crippen LogP contribution in [-0.4, -0.2) is 36.9 Å². The van der Waals surface area contributed by atoms with Gasteiger partial charge in [-0.3, -0.25) is 9.59 Å². The van der Waals surface area contributed by atoms with Crippen LogP contribution >= 0.6 is 0 Å². The highest BCUT2D eigenvalue weighted by Gasteiger charge is 2.34. The van der Waals surface area contributed by atoms with Crippen molar-refractivity contribution in [3.63, 3.8) is 0 Å². The van der Waals surface area contributed by atoms with Gasteiger partial charge >= 0.3 is 5.97 Å². The van der Waals surface area contributed by atoms with Gasteiger partial charge in [-0.2, -0.15) is 0 Å². The number of carbonyl (C=O) groups is 3. The van der Waals surface area contributed by atoms with Crippen LogP contribution in [0.3, 0.4) is 0 Å². The number of fused-ring (bicyclic) bond motifs is 1. The fourth-order valence-electron chi connectivity index (χ4n) is 3.22. The van der Waals surface area contributed by atoms with Crippen molar-refractivity contribution in [1.29, 1.82) is 0 Å². The topological polar surface area (TPSA) is 72.9 Å². The summed E-state index contributed by atoms with van der Waals surface area (Å²) in [6.07, 6.45) is 0.490. The number of para-hydroxylation sites is 2. The zero-order valence-corrected chi connectivity index (χ0v) is 15.3. The van der Waals surface area contributed by atoms with Crippen molar-refractivity contribution >= 4 is 23.9 Å². The Morgan fingerprint density at radius 3 is 2.67 bits per heavy atom. The van der Waals surface area contributed by atoms with Crippen LogP contribution in [0.1, 0.15) is 29.8 Å². The SMILES string of the molecule is C[C@@H]1Cc2ccccc2N1C(=O)[C@@H](C)OC(=O)COc1ccccc1C=O. The van der Waals surface area contributed by atoms with E-state index in [2.05, 4.69) is 0 Å². The second-order valence-corrected chi connectivity index (χ2v) is 6.47. The normalized spacial score (nSPS) is 16.4. The van der Waals surface area contributed by atoms with E-state index < -0.39 is 12.1 Å². The molecular weight excluding hydrogens is 346 g/mol. The number of nitrogens with zero attached hydrogens (tertiary/aromatic N) is 1. The molecule has 0 radical (unpaired) electrons. The van der Waals surface area contributed by atoms with Crippen molar-refractivity contribution < 1.29 is 23.9 Å². The molecule has 0 aromatic heterocycles. The number of carbonyl (C=O) groups excluding carboxylic acids is 3. The highest BCUT2D eigenvalue weighted by molar-refractivity contribution is 5.99. The molecule has 2 atom stereocenters. The minimum atomic E-state index is -0.934. The Hall–Kier alpha value is -3.15. The number of anilines is 1. The summed E-state index contributed by atoms with van der Waals surface area (Å²) in [5.74, 6) is -0.642. The van der Waals surface area contributed by atoms with E-state index in [1.54, 1.807) is 36.1 Å². The van der Waals surface area contributed by atoms with Crippen LogP contribution in [0.5, 0.6) is 5.75 Å². The van der Waals surface area contributed by atoms with Gasteiger partial charge in [-0.1, -0.05) is 30.3 Å². The molecule has 1 heterocycles. The lowest BCUT2D eigenvalue weighted by molar-refractivity contribution is -0.155. The molecule has 6 heteroatoms. The predicted octanol–water partition coefficient (Wildman–Crippen LogP) is 2.79. The lowest BCUT2D eigenvalue weighted by Crippen LogP contribution is -2.43. The average Bonchev–Trinajstić information content (AvgIpc) is 3.01. The Labute approximate surface area is 157 Å². The molecule has 0 N–H and O–H groups in total. The van der Waals surface area contributed by atoms with Gasteiger partial charge in [0, 0.05) is 11.7 Å². The molecule has 2 aromatic carbocycles. The van der Waals surface area contributed by atoms with Gasteiger partial charge in [0.15, 0.2) is 19.0 Å². The predicted molar refractivity (Wildman–Crippen MR) is 100.0 cm³/mol. The molecule has 27 heavy (non-hydrogen) atoms. The number of esters is 1. The summed E-state index contributed by atoms with van der Waals surface area (Å²) in [5.41, 5.74) is 2.30. The summed E-state index contributed by atoms with van der Waals surface area (Å²) in [4.78, 5) is 37.5. The van der Waals surface area contributed by atoms with Gasteiger partial charge in [0.25, 0.3) is 5.91 Å². The Morgan fingerprint density at radius 2 is 1.89 bits per heavy atom. The van der Waals surface area contributed by atoms with Crippen LogP contribution in [0.2, 0.25) is 0 Å². The largest absolute Gasteiger partial charge is 0.481 e. The molecule has 1 amide bonds. The number of amides is 1. The molecule has 0 spiro atoms. The third kappa shape index (κ3) is 4.00. The van der Waals surface area contributed by atoms with E-state index >= 15 is 0 Å². The van der Waals surface area contributed by atoms with Crippen LogP contribution in [0.15, 0.2) is 48.5 Å². The number of hydrogen-bond acceptors (Lipinski definition) is 5. The third-order valence-electron chi connectivity index (χ3n) is 4.49. The Balaban J connectivity index is 1.60. The van der Waals surface area contributed by atoms with E-state index in [-0.39, 0.29) is 18.6 Å². The van der Waals surface area contributed by atoms with Crippen molar-refractivity contribution in [2.24, 2.45) is 0 Å². The van der Waals surface area contributed by atoms with Crippen LogP contribution in [0.4, 0.5) is 5.69 Å². The summed E-state index contributed by atoms with van der Waals surface area (Å²) in [6, 6.07) is 14.3. The lowest BCUT2D eigenvalue weighted by atomic mass is 10.1. The van der Waals surface area contributed by atoms with E-state index in [9.17, 15) is 14.4 Å². The van der Waals surface area contributed by atoms with E-state index in [1.807, 2.05) is 31.2 Å². The summed E-state index contributed by atoms with van der Waals surface area (Å²) in [7, 11) is 0. The van der Waals surface area contributed by atoms with E-state index in [0.29, 0.717) is 17.6 Å². The molecule has 0 fully saturated rings. The van der Waals surface area contributed by atoms with Gasteiger partial charge in [-0.15, -0.1) is 0 Å². The first kappa shape index (κ1) is 18.6. The van der Waals surface area contributed by atoms with E-state index in [0.717, 1.165) is 17.7 Å². The van der Waals surface area contributed by atoms with Crippen LogP contribution in [-0.2, 0) is 20.7 Å². The van der Waals surface area contributed by atoms with Crippen molar-refractivity contribution in [1.82, 2.24) is 0 Å². The molecule has 0 saturated carbocycles. The maximum absolute atomic E-state index is 12.8. The van der Waals surface area contributed by atoms with E-state index in [4.69, 9.17) is 9.47 Å². The molecule has 6 nitrogen and oxygen atoms in total. The quantitative estimate of drug-likeness (QED) is 0.580. The Morgan fingerprint density at radius 1 is 1.19 bits per heavy atom. The molecular formula is C21H21NO5. The second kappa shape index (κ2) is 8.03. The number of ether oxygens (including phenoxy) is 2. The molecule has 0 bridgehead atoms. The molecule has 140 valence electrons. The highest BCUT2D eigenvalue weighted by atomic mass is 16.6. The number of hydrogen-bond donors (Lipinski definition) is 0. The van der Waals surface area contributed by atoms with E-state index in [1.165, 1.54) is 0 Å². The first-order valence-corrected chi connectivity index (χ1v) is 8.78. The summed E-state index contributed by atoms with van der Waals surface area (Å²) in [5, 5.41) is 0. The number of aldehydes is 1.